The summed E-state index contributed by atoms with van der Waals surface area (Å²) >= 11 is 0. The van der Waals surface area contributed by atoms with E-state index in [0.717, 1.165) is 12.4 Å². The highest BCUT2D eigenvalue weighted by molar-refractivity contribution is 5.13. The molecule has 0 aromatic carbocycles. The van der Waals surface area contributed by atoms with Gasteiger partial charge in [0.15, 0.2) is 5.75 Å². The Morgan fingerprint density at radius 2 is 2.23 bits per heavy atom. The lowest BCUT2D eigenvalue weighted by Crippen LogP contribution is -2.29. The van der Waals surface area contributed by atoms with Crippen molar-refractivity contribution < 1.29 is 9.84 Å². The summed E-state index contributed by atoms with van der Waals surface area (Å²) < 4.78 is 9.68. The maximum Gasteiger partial charge on any atom is 0.157 e. The van der Waals surface area contributed by atoms with Gasteiger partial charge in [0.1, 0.15) is 18.0 Å². The van der Waals surface area contributed by atoms with Crippen LogP contribution in [0.15, 0.2) is 24.8 Å². The number of hydrogen-bond donors (Lipinski definition) is 1. The Hall–Kier alpha value is -1.86. The van der Waals surface area contributed by atoms with E-state index in [1.54, 1.807) is 17.1 Å². The second-order valence-electron chi connectivity index (χ2n) is 6.11. The first-order chi connectivity index (χ1) is 10.5. The monoisotopic (exact) mass is 305 g/mol. The first-order valence-corrected chi connectivity index (χ1v) is 7.60. The molecule has 1 N–H and O–H groups in total. The van der Waals surface area contributed by atoms with E-state index >= 15 is 0 Å². The molecule has 120 valence electrons. The predicted octanol–water partition coefficient (Wildman–Crippen LogP) is 0.822. The van der Waals surface area contributed by atoms with Gasteiger partial charge in [-0.3, -0.25) is 9.58 Å². The second kappa shape index (κ2) is 6.10. The molecule has 0 saturated carbocycles. The number of likely N-dealkylation sites (tertiary alicyclic amines) is 1. The summed E-state index contributed by atoms with van der Waals surface area (Å²) in [6.45, 7) is 6.27. The quantitative estimate of drug-likeness (QED) is 0.886. The highest BCUT2D eigenvalue weighted by Gasteiger charge is 2.33. The molecule has 3 rings (SSSR count). The normalized spacial score (nSPS) is 22.6. The van der Waals surface area contributed by atoms with Crippen molar-refractivity contribution in [1.82, 2.24) is 24.2 Å². The summed E-state index contributed by atoms with van der Waals surface area (Å²) in [5.41, 5.74) is 0. The third-order valence-electron chi connectivity index (χ3n) is 3.95. The Kier molecular flexibility index (Phi) is 4.17. The van der Waals surface area contributed by atoms with Crippen molar-refractivity contribution in [3.63, 3.8) is 0 Å². The number of aryl methyl sites for hydroxylation is 1. The molecule has 2 aromatic heterocycles. The van der Waals surface area contributed by atoms with Crippen LogP contribution in [-0.4, -0.2) is 54.6 Å². The van der Waals surface area contributed by atoms with Gasteiger partial charge in [-0.1, -0.05) is 0 Å². The zero-order chi connectivity index (χ0) is 15.7. The highest BCUT2D eigenvalue weighted by Crippen LogP contribution is 2.20. The number of rotatable bonds is 5. The van der Waals surface area contributed by atoms with Gasteiger partial charge in [-0.15, -0.1) is 0 Å². The van der Waals surface area contributed by atoms with E-state index < -0.39 is 6.10 Å². The fourth-order valence-corrected chi connectivity index (χ4v) is 2.85. The minimum Gasteiger partial charge on any atom is -0.483 e. The molecule has 0 radical (unpaired) electrons. The Morgan fingerprint density at radius 3 is 2.91 bits per heavy atom. The van der Waals surface area contributed by atoms with Crippen LogP contribution < -0.4 is 4.74 Å². The second-order valence-corrected chi connectivity index (χ2v) is 6.11. The molecule has 2 aromatic rings. The van der Waals surface area contributed by atoms with Crippen LogP contribution in [-0.2, 0) is 13.6 Å². The summed E-state index contributed by atoms with van der Waals surface area (Å²) in [7, 11) is 1.84. The Balaban J connectivity index is 1.62. The average Bonchev–Trinajstić information content (AvgIpc) is 3.13. The van der Waals surface area contributed by atoms with E-state index in [9.17, 15) is 5.11 Å². The van der Waals surface area contributed by atoms with Crippen molar-refractivity contribution in [3.8, 4) is 5.75 Å². The minimum atomic E-state index is -0.498. The highest BCUT2D eigenvalue weighted by atomic mass is 16.5. The van der Waals surface area contributed by atoms with Crippen LogP contribution in [0.25, 0.3) is 0 Å². The maximum atomic E-state index is 10.2. The molecule has 0 aliphatic carbocycles. The van der Waals surface area contributed by atoms with Crippen LogP contribution in [0.5, 0.6) is 5.75 Å². The number of hydrogen-bond acceptors (Lipinski definition) is 5. The van der Waals surface area contributed by atoms with Crippen LogP contribution >= 0.6 is 0 Å². The third-order valence-corrected chi connectivity index (χ3v) is 3.95. The van der Waals surface area contributed by atoms with Crippen LogP contribution in [0.2, 0.25) is 0 Å². The molecule has 3 heterocycles. The van der Waals surface area contributed by atoms with Crippen LogP contribution in [0, 0.1) is 0 Å². The van der Waals surface area contributed by atoms with E-state index in [-0.39, 0.29) is 6.10 Å². The lowest BCUT2D eigenvalue weighted by Gasteiger charge is -2.18. The molecule has 0 bridgehead atoms. The molecule has 1 fully saturated rings. The van der Waals surface area contributed by atoms with Gasteiger partial charge in [0.25, 0.3) is 0 Å². The molecular weight excluding hydrogens is 282 g/mol. The largest absolute Gasteiger partial charge is 0.483 e. The summed E-state index contributed by atoms with van der Waals surface area (Å²) in [5, 5.41) is 14.3. The Morgan fingerprint density at radius 1 is 1.41 bits per heavy atom. The van der Waals surface area contributed by atoms with Gasteiger partial charge in [-0.2, -0.15) is 5.10 Å². The number of β-amino-alcohol motifs (C(OH)–C–C–N with tert-alkyl or cyclic N) is 1. The van der Waals surface area contributed by atoms with Crippen molar-refractivity contribution in [2.75, 3.05) is 13.1 Å². The summed E-state index contributed by atoms with van der Waals surface area (Å²) in [5.74, 6) is 1.71. The predicted molar refractivity (Wildman–Crippen MR) is 81.5 cm³/mol. The first kappa shape index (κ1) is 15.1. The van der Waals surface area contributed by atoms with Crippen LogP contribution in [0.4, 0.5) is 0 Å². The van der Waals surface area contributed by atoms with E-state index in [4.69, 9.17) is 4.74 Å². The lowest BCUT2D eigenvalue weighted by atomic mass is 10.3. The third kappa shape index (κ3) is 3.15. The molecule has 1 saturated heterocycles. The first-order valence-electron chi connectivity index (χ1n) is 7.60. The van der Waals surface area contributed by atoms with Crippen molar-refractivity contribution in [3.05, 3.63) is 30.6 Å². The molecule has 7 nitrogen and oxygen atoms in total. The maximum absolute atomic E-state index is 10.2. The standard InChI is InChI=1S/C15H23N5O2/c1-11(2)20-5-4-16-15(20)10-19-8-13(21)14(9-19)22-12-6-17-18(3)7-12/h4-7,11,13-14,21H,8-10H2,1-3H3/t13-,14-/m1/s1. The fraction of sp³-hybridized carbons (Fsp3) is 0.600. The van der Waals surface area contributed by atoms with Crippen LogP contribution in [0.3, 0.4) is 0 Å². The zero-order valence-electron chi connectivity index (χ0n) is 13.3. The minimum absolute atomic E-state index is 0.230. The lowest BCUT2D eigenvalue weighted by molar-refractivity contribution is 0.0736. The SMILES string of the molecule is CC(C)n1ccnc1CN1C[C@@H](O)[C@H](Oc2cnn(C)c2)C1. The molecule has 0 unspecified atom stereocenters. The number of imidazole rings is 1. The molecule has 0 spiro atoms. The average molecular weight is 305 g/mol. The molecule has 7 heteroatoms. The number of ether oxygens (including phenoxy) is 1. The van der Waals surface area contributed by atoms with Crippen molar-refractivity contribution in [2.45, 2.75) is 38.6 Å². The van der Waals surface area contributed by atoms with Crippen LogP contribution in [0.1, 0.15) is 25.7 Å². The number of aromatic nitrogens is 4. The van der Waals surface area contributed by atoms with Crippen molar-refractivity contribution in [1.29, 1.82) is 0 Å². The van der Waals surface area contributed by atoms with Gasteiger partial charge >= 0.3 is 0 Å². The number of aliphatic hydroxyl groups is 1. The molecule has 2 atom stereocenters. The number of nitrogens with zero attached hydrogens (tertiary/aromatic N) is 5. The summed E-state index contributed by atoms with van der Waals surface area (Å²) in [6.07, 6.45) is 6.57. The van der Waals surface area contributed by atoms with Gasteiger partial charge in [0.05, 0.1) is 18.9 Å². The van der Waals surface area contributed by atoms with E-state index in [1.807, 2.05) is 19.4 Å². The molecular formula is C15H23N5O2. The summed E-state index contributed by atoms with van der Waals surface area (Å²) in [4.78, 5) is 6.60. The van der Waals surface area contributed by atoms with E-state index in [2.05, 4.69) is 33.4 Å². The molecule has 22 heavy (non-hydrogen) atoms. The van der Waals surface area contributed by atoms with Crippen molar-refractivity contribution >= 4 is 0 Å². The van der Waals surface area contributed by atoms with Gasteiger partial charge < -0.3 is 14.4 Å². The zero-order valence-corrected chi connectivity index (χ0v) is 13.3. The van der Waals surface area contributed by atoms with E-state index in [1.165, 1.54) is 0 Å². The van der Waals surface area contributed by atoms with Crippen molar-refractivity contribution in [2.24, 2.45) is 7.05 Å². The number of aliphatic hydroxyl groups excluding tert-OH is 1. The van der Waals surface area contributed by atoms with E-state index in [0.29, 0.717) is 24.9 Å². The molecule has 1 aliphatic heterocycles. The topological polar surface area (TPSA) is 68.3 Å². The van der Waals surface area contributed by atoms with Gasteiger partial charge in [-0.05, 0) is 13.8 Å². The molecule has 0 amide bonds. The Labute approximate surface area is 130 Å². The van der Waals surface area contributed by atoms with Gasteiger partial charge in [-0.25, -0.2) is 4.98 Å². The fourth-order valence-electron chi connectivity index (χ4n) is 2.85. The molecule has 1 aliphatic rings. The van der Waals surface area contributed by atoms with Gasteiger partial charge in [0.2, 0.25) is 0 Å². The Bertz CT molecular complexity index is 621. The smallest absolute Gasteiger partial charge is 0.157 e. The summed E-state index contributed by atoms with van der Waals surface area (Å²) in [6, 6.07) is 0.382. The van der Waals surface area contributed by atoms with Gasteiger partial charge in [0, 0.05) is 38.6 Å².